The van der Waals surface area contributed by atoms with E-state index in [2.05, 4.69) is 10.3 Å². The molecule has 0 saturated carbocycles. The fourth-order valence-corrected chi connectivity index (χ4v) is 2.48. The first kappa shape index (κ1) is 17.5. The van der Waals surface area contributed by atoms with Crippen LogP contribution in [0.3, 0.4) is 0 Å². The van der Waals surface area contributed by atoms with E-state index in [4.69, 9.17) is 10.5 Å². The predicted molar refractivity (Wildman–Crippen MR) is 102 cm³/mol. The highest BCUT2D eigenvalue weighted by molar-refractivity contribution is 5.98. The molecule has 5 heteroatoms. The summed E-state index contributed by atoms with van der Waals surface area (Å²) in [5, 5.41) is 2.86. The van der Waals surface area contributed by atoms with Gasteiger partial charge in [-0.05, 0) is 42.3 Å². The number of pyridine rings is 1. The molecule has 0 aliphatic rings. The first-order valence-electron chi connectivity index (χ1n) is 8.39. The molecule has 0 unspecified atom stereocenters. The van der Waals surface area contributed by atoms with Gasteiger partial charge in [-0.2, -0.15) is 0 Å². The van der Waals surface area contributed by atoms with Gasteiger partial charge in [-0.15, -0.1) is 0 Å². The normalized spacial score (nSPS) is 10.3. The third-order valence-corrected chi connectivity index (χ3v) is 3.93. The summed E-state index contributed by atoms with van der Waals surface area (Å²) >= 11 is 0. The molecule has 3 aromatic rings. The van der Waals surface area contributed by atoms with E-state index < -0.39 is 0 Å². The molecule has 0 fully saturated rings. The monoisotopic (exact) mass is 347 g/mol. The molecule has 0 bridgehead atoms. The number of carbonyl (C=O) groups is 1. The van der Waals surface area contributed by atoms with Crippen LogP contribution in [-0.2, 0) is 13.2 Å². The van der Waals surface area contributed by atoms with Gasteiger partial charge in [-0.25, -0.2) is 4.98 Å². The van der Waals surface area contributed by atoms with Crippen molar-refractivity contribution in [3.8, 4) is 5.75 Å². The molecule has 1 aromatic heterocycles. The number of hydrogen-bond acceptors (Lipinski definition) is 4. The average Bonchev–Trinajstić information content (AvgIpc) is 2.66. The summed E-state index contributed by atoms with van der Waals surface area (Å²) in [4.78, 5) is 16.3. The number of nitrogen functional groups attached to an aromatic ring is 1. The highest BCUT2D eigenvalue weighted by atomic mass is 16.5. The molecule has 3 N–H and O–H groups in total. The summed E-state index contributed by atoms with van der Waals surface area (Å²) in [6.07, 6.45) is 0. The van der Waals surface area contributed by atoms with E-state index in [0.717, 1.165) is 22.6 Å². The second-order valence-electron chi connectivity index (χ2n) is 5.99. The summed E-state index contributed by atoms with van der Waals surface area (Å²) < 4.78 is 5.72. The zero-order chi connectivity index (χ0) is 18.4. The minimum absolute atomic E-state index is 0.230. The molecule has 26 heavy (non-hydrogen) atoms. The molecule has 0 saturated heterocycles. The van der Waals surface area contributed by atoms with Crippen LogP contribution in [0.4, 0.5) is 5.82 Å². The molecule has 2 aromatic carbocycles. The van der Waals surface area contributed by atoms with Crippen molar-refractivity contribution in [2.24, 2.45) is 0 Å². The van der Waals surface area contributed by atoms with Gasteiger partial charge in [0.15, 0.2) is 0 Å². The van der Waals surface area contributed by atoms with Crippen LogP contribution in [0.5, 0.6) is 5.75 Å². The minimum Gasteiger partial charge on any atom is -0.489 e. The highest BCUT2D eigenvalue weighted by Gasteiger charge is 2.10. The van der Waals surface area contributed by atoms with Crippen molar-refractivity contribution in [1.29, 1.82) is 0 Å². The van der Waals surface area contributed by atoms with Crippen LogP contribution in [0.2, 0.25) is 0 Å². The number of para-hydroxylation sites is 1. The van der Waals surface area contributed by atoms with Crippen LogP contribution in [-0.4, -0.2) is 10.9 Å². The Kier molecular flexibility index (Phi) is 5.49. The molecule has 0 spiro atoms. The Bertz CT molecular complexity index is 878. The number of anilines is 1. The molecule has 5 nitrogen and oxygen atoms in total. The van der Waals surface area contributed by atoms with Crippen molar-refractivity contribution in [3.63, 3.8) is 0 Å². The Labute approximate surface area is 152 Å². The maximum Gasteiger partial charge on any atom is 0.255 e. The molecular weight excluding hydrogens is 326 g/mol. The van der Waals surface area contributed by atoms with Crippen LogP contribution in [0.15, 0.2) is 66.7 Å². The zero-order valence-corrected chi connectivity index (χ0v) is 14.6. The molecule has 0 radical (unpaired) electrons. The molecule has 3 rings (SSSR count). The standard InChI is InChI=1S/C21H21N3O2/c1-15-7-12-19(20(22)24-15)21(25)23-13-16-8-10-17(11-9-16)14-26-18-5-3-2-4-6-18/h2-12H,13-14H2,1H3,(H2,22,24)(H,23,25). The lowest BCUT2D eigenvalue weighted by Gasteiger charge is -2.09. The van der Waals surface area contributed by atoms with Gasteiger partial charge in [0.2, 0.25) is 0 Å². The summed E-state index contributed by atoms with van der Waals surface area (Å²) in [5.41, 5.74) is 9.05. The Balaban J connectivity index is 1.53. The Hall–Kier alpha value is -3.34. The van der Waals surface area contributed by atoms with Gasteiger partial charge >= 0.3 is 0 Å². The van der Waals surface area contributed by atoms with E-state index in [-0.39, 0.29) is 11.7 Å². The van der Waals surface area contributed by atoms with E-state index >= 15 is 0 Å². The number of benzene rings is 2. The molecule has 1 heterocycles. The van der Waals surface area contributed by atoms with Crippen LogP contribution >= 0.6 is 0 Å². The zero-order valence-electron chi connectivity index (χ0n) is 14.6. The van der Waals surface area contributed by atoms with Crippen molar-refractivity contribution >= 4 is 11.7 Å². The molecule has 0 aliphatic carbocycles. The second kappa shape index (κ2) is 8.16. The first-order valence-corrected chi connectivity index (χ1v) is 8.39. The van der Waals surface area contributed by atoms with Crippen LogP contribution in [0.1, 0.15) is 27.2 Å². The Morgan fingerprint density at radius 2 is 1.69 bits per heavy atom. The van der Waals surface area contributed by atoms with Gasteiger partial charge in [-0.3, -0.25) is 4.79 Å². The summed E-state index contributed by atoms with van der Waals surface area (Å²) in [5.74, 6) is 0.857. The van der Waals surface area contributed by atoms with Crippen molar-refractivity contribution < 1.29 is 9.53 Å². The number of aryl methyl sites for hydroxylation is 1. The number of amides is 1. The lowest BCUT2D eigenvalue weighted by atomic mass is 10.1. The highest BCUT2D eigenvalue weighted by Crippen LogP contribution is 2.13. The quantitative estimate of drug-likeness (QED) is 0.716. The van der Waals surface area contributed by atoms with Crippen LogP contribution in [0.25, 0.3) is 0 Å². The van der Waals surface area contributed by atoms with E-state index in [0.29, 0.717) is 18.7 Å². The fraction of sp³-hybridized carbons (Fsp3) is 0.143. The number of hydrogen-bond donors (Lipinski definition) is 2. The van der Waals surface area contributed by atoms with Gasteiger partial charge in [0.25, 0.3) is 5.91 Å². The lowest BCUT2D eigenvalue weighted by molar-refractivity contribution is 0.0951. The van der Waals surface area contributed by atoms with Gasteiger partial charge < -0.3 is 15.8 Å². The average molecular weight is 347 g/mol. The van der Waals surface area contributed by atoms with Crippen molar-refractivity contribution in [3.05, 3.63) is 89.1 Å². The van der Waals surface area contributed by atoms with Gasteiger partial charge in [0.05, 0.1) is 5.56 Å². The third-order valence-electron chi connectivity index (χ3n) is 3.93. The number of carbonyl (C=O) groups excluding carboxylic acids is 1. The summed E-state index contributed by atoms with van der Waals surface area (Å²) in [7, 11) is 0. The van der Waals surface area contributed by atoms with E-state index in [1.54, 1.807) is 12.1 Å². The SMILES string of the molecule is Cc1ccc(C(=O)NCc2ccc(COc3ccccc3)cc2)c(N)n1. The maximum absolute atomic E-state index is 12.2. The minimum atomic E-state index is -0.230. The van der Waals surface area contributed by atoms with Crippen molar-refractivity contribution in [2.45, 2.75) is 20.1 Å². The van der Waals surface area contributed by atoms with E-state index in [9.17, 15) is 4.79 Å². The van der Waals surface area contributed by atoms with E-state index in [1.165, 1.54) is 0 Å². The number of nitrogens with zero attached hydrogens (tertiary/aromatic N) is 1. The second-order valence-corrected chi connectivity index (χ2v) is 5.99. The van der Waals surface area contributed by atoms with Gasteiger partial charge in [-0.1, -0.05) is 42.5 Å². The lowest BCUT2D eigenvalue weighted by Crippen LogP contribution is -2.24. The van der Waals surface area contributed by atoms with Crippen LogP contribution < -0.4 is 15.8 Å². The van der Waals surface area contributed by atoms with Gasteiger partial charge in [0.1, 0.15) is 18.2 Å². The van der Waals surface area contributed by atoms with Gasteiger partial charge in [0, 0.05) is 12.2 Å². The Morgan fingerprint density at radius 3 is 2.38 bits per heavy atom. The molecule has 0 aliphatic heterocycles. The maximum atomic E-state index is 12.2. The number of aromatic nitrogens is 1. The third kappa shape index (κ3) is 4.60. The smallest absolute Gasteiger partial charge is 0.255 e. The topological polar surface area (TPSA) is 77.2 Å². The summed E-state index contributed by atoms with van der Waals surface area (Å²) in [6.45, 7) is 2.76. The van der Waals surface area contributed by atoms with Crippen LogP contribution in [0, 0.1) is 6.92 Å². The number of nitrogens with one attached hydrogen (secondary N) is 1. The first-order chi connectivity index (χ1) is 12.6. The molecule has 1 amide bonds. The molecular formula is C21H21N3O2. The largest absolute Gasteiger partial charge is 0.489 e. The van der Waals surface area contributed by atoms with E-state index in [1.807, 2.05) is 61.5 Å². The number of ether oxygens (including phenoxy) is 1. The van der Waals surface area contributed by atoms with Crippen molar-refractivity contribution in [2.75, 3.05) is 5.73 Å². The summed E-state index contributed by atoms with van der Waals surface area (Å²) in [6, 6.07) is 21.1. The van der Waals surface area contributed by atoms with Crippen molar-refractivity contribution in [1.82, 2.24) is 10.3 Å². The predicted octanol–water partition coefficient (Wildman–Crippen LogP) is 3.48. The number of rotatable bonds is 6. The Morgan fingerprint density at radius 1 is 1.00 bits per heavy atom. The number of nitrogens with two attached hydrogens (primary N) is 1. The molecule has 132 valence electrons. The molecule has 0 atom stereocenters. The fourth-order valence-electron chi connectivity index (χ4n) is 2.48.